The Labute approximate surface area is 172 Å². The molecule has 29 heavy (non-hydrogen) atoms. The molecule has 8 heteroatoms. The molecule has 7 nitrogen and oxygen atoms in total. The third-order valence-corrected chi connectivity index (χ3v) is 6.81. The molecule has 1 saturated heterocycles. The molecule has 2 aromatic carbocycles. The average Bonchev–Trinajstić information content (AvgIpc) is 3.12. The number of benzene rings is 2. The number of rotatable bonds is 7. The van der Waals surface area contributed by atoms with E-state index in [1.807, 2.05) is 31.2 Å². The summed E-state index contributed by atoms with van der Waals surface area (Å²) >= 11 is 0. The number of para-hydroxylation sites is 1. The standard InChI is InChI=1S/C21H27N3O4S/c1-17-8-6-7-11-19(17)22-20(25)24-14-12-21(16-24,13-15-28-2)23-29(26,27)18-9-4-3-5-10-18/h3-11,23H,12-16H2,1-2H3,(H,22,25). The van der Waals surface area contributed by atoms with E-state index in [0.29, 0.717) is 26.0 Å². The van der Waals surface area contributed by atoms with Gasteiger partial charge in [0.2, 0.25) is 10.0 Å². The van der Waals surface area contributed by atoms with Gasteiger partial charge < -0.3 is 15.0 Å². The molecule has 1 unspecified atom stereocenters. The quantitative estimate of drug-likeness (QED) is 0.725. The lowest BCUT2D eigenvalue weighted by Gasteiger charge is -2.30. The number of nitrogens with one attached hydrogen (secondary N) is 2. The fourth-order valence-electron chi connectivity index (χ4n) is 3.53. The predicted octanol–water partition coefficient (Wildman–Crippen LogP) is 2.99. The minimum atomic E-state index is -3.71. The molecule has 156 valence electrons. The summed E-state index contributed by atoms with van der Waals surface area (Å²) in [6.07, 6.45) is 0.993. The SMILES string of the molecule is COCCC1(NS(=O)(=O)c2ccccc2)CCN(C(=O)Nc2ccccc2C)C1. The zero-order valence-electron chi connectivity index (χ0n) is 16.7. The predicted molar refractivity (Wildman–Crippen MR) is 112 cm³/mol. The van der Waals surface area contributed by atoms with Crippen LogP contribution in [-0.4, -0.2) is 51.7 Å². The molecule has 1 fully saturated rings. The number of hydrogen-bond acceptors (Lipinski definition) is 4. The topological polar surface area (TPSA) is 87.7 Å². The van der Waals surface area contributed by atoms with Gasteiger partial charge in [0, 0.05) is 32.5 Å². The van der Waals surface area contributed by atoms with Crippen molar-refractivity contribution in [3.05, 3.63) is 60.2 Å². The Morgan fingerprint density at radius 3 is 2.52 bits per heavy atom. The summed E-state index contributed by atoms with van der Waals surface area (Å²) in [6, 6.07) is 15.6. The Morgan fingerprint density at radius 2 is 1.83 bits per heavy atom. The van der Waals surface area contributed by atoms with Crippen LogP contribution in [0.4, 0.5) is 10.5 Å². The monoisotopic (exact) mass is 417 g/mol. The number of carbonyl (C=O) groups excluding carboxylic acids is 1. The van der Waals surface area contributed by atoms with E-state index in [0.717, 1.165) is 11.3 Å². The van der Waals surface area contributed by atoms with Crippen LogP contribution in [-0.2, 0) is 14.8 Å². The van der Waals surface area contributed by atoms with Gasteiger partial charge in [-0.25, -0.2) is 17.9 Å². The molecule has 1 heterocycles. The van der Waals surface area contributed by atoms with Gasteiger partial charge in [0.25, 0.3) is 0 Å². The summed E-state index contributed by atoms with van der Waals surface area (Å²) in [7, 11) is -2.13. The molecule has 1 aliphatic rings. The summed E-state index contributed by atoms with van der Waals surface area (Å²) in [5.74, 6) is 0. The molecule has 0 spiro atoms. The first-order valence-electron chi connectivity index (χ1n) is 9.55. The van der Waals surface area contributed by atoms with Crippen LogP contribution in [0, 0.1) is 6.92 Å². The maximum Gasteiger partial charge on any atom is 0.321 e. The maximum absolute atomic E-state index is 12.9. The highest BCUT2D eigenvalue weighted by molar-refractivity contribution is 7.89. The van der Waals surface area contributed by atoms with Crippen molar-refractivity contribution in [1.29, 1.82) is 0 Å². The zero-order valence-corrected chi connectivity index (χ0v) is 17.5. The largest absolute Gasteiger partial charge is 0.385 e. The first-order chi connectivity index (χ1) is 13.9. The van der Waals surface area contributed by atoms with Crippen LogP contribution in [0.1, 0.15) is 18.4 Å². The van der Waals surface area contributed by atoms with E-state index in [1.54, 1.807) is 42.3 Å². The number of amides is 2. The highest BCUT2D eigenvalue weighted by atomic mass is 32.2. The second-order valence-electron chi connectivity index (χ2n) is 7.36. The number of urea groups is 1. The lowest BCUT2D eigenvalue weighted by atomic mass is 9.96. The van der Waals surface area contributed by atoms with Crippen molar-refractivity contribution >= 4 is 21.7 Å². The molecule has 3 rings (SSSR count). The number of nitrogens with zero attached hydrogens (tertiary/aromatic N) is 1. The summed E-state index contributed by atoms with van der Waals surface area (Å²) in [6.45, 7) is 3.06. The van der Waals surface area contributed by atoms with E-state index in [-0.39, 0.29) is 17.5 Å². The fraction of sp³-hybridized carbons (Fsp3) is 0.381. The van der Waals surface area contributed by atoms with Gasteiger partial charge in [-0.05, 0) is 43.5 Å². The number of ether oxygens (including phenoxy) is 1. The highest BCUT2D eigenvalue weighted by Crippen LogP contribution is 2.28. The van der Waals surface area contributed by atoms with Gasteiger partial charge in [0.05, 0.1) is 10.4 Å². The van der Waals surface area contributed by atoms with Gasteiger partial charge in [-0.2, -0.15) is 0 Å². The summed E-state index contributed by atoms with van der Waals surface area (Å²) in [5.41, 5.74) is 0.945. The molecule has 1 aliphatic heterocycles. The molecule has 2 aromatic rings. The van der Waals surface area contributed by atoms with Gasteiger partial charge in [-0.15, -0.1) is 0 Å². The van der Waals surface area contributed by atoms with Crippen LogP contribution in [0.5, 0.6) is 0 Å². The van der Waals surface area contributed by atoms with E-state index >= 15 is 0 Å². The van der Waals surface area contributed by atoms with Crippen molar-refractivity contribution < 1.29 is 17.9 Å². The Hall–Kier alpha value is -2.42. The van der Waals surface area contributed by atoms with Crippen LogP contribution in [0.2, 0.25) is 0 Å². The molecule has 0 aromatic heterocycles. The second kappa shape index (κ2) is 8.94. The van der Waals surface area contributed by atoms with Gasteiger partial charge in [-0.3, -0.25) is 0 Å². The first kappa shape index (κ1) is 21.3. The second-order valence-corrected chi connectivity index (χ2v) is 9.04. The molecule has 2 N–H and O–H groups in total. The normalized spacial score (nSPS) is 19.3. The van der Waals surface area contributed by atoms with Crippen molar-refractivity contribution in [2.45, 2.75) is 30.2 Å². The Balaban J connectivity index is 1.76. The van der Waals surface area contributed by atoms with Crippen molar-refractivity contribution in [3.63, 3.8) is 0 Å². The molecule has 0 bridgehead atoms. The van der Waals surface area contributed by atoms with Crippen molar-refractivity contribution in [2.75, 3.05) is 32.1 Å². The van der Waals surface area contributed by atoms with Crippen LogP contribution < -0.4 is 10.0 Å². The van der Waals surface area contributed by atoms with Crippen LogP contribution in [0.15, 0.2) is 59.5 Å². The summed E-state index contributed by atoms with van der Waals surface area (Å²) in [4.78, 5) is 14.6. The fourth-order valence-corrected chi connectivity index (χ4v) is 5.00. The van der Waals surface area contributed by atoms with Crippen molar-refractivity contribution in [3.8, 4) is 0 Å². The Bertz CT molecular complexity index is 949. The molecular weight excluding hydrogens is 390 g/mol. The number of sulfonamides is 1. The Kier molecular flexibility index (Phi) is 6.56. The first-order valence-corrected chi connectivity index (χ1v) is 11.0. The van der Waals surface area contributed by atoms with Crippen molar-refractivity contribution in [2.24, 2.45) is 0 Å². The van der Waals surface area contributed by atoms with Gasteiger partial charge in [0.1, 0.15) is 0 Å². The van der Waals surface area contributed by atoms with E-state index in [4.69, 9.17) is 4.74 Å². The third-order valence-electron chi connectivity index (χ3n) is 5.22. The molecule has 0 aliphatic carbocycles. The zero-order chi connectivity index (χ0) is 20.9. The highest BCUT2D eigenvalue weighted by Gasteiger charge is 2.43. The third kappa shape index (κ3) is 5.14. The van der Waals surface area contributed by atoms with Gasteiger partial charge in [-0.1, -0.05) is 36.4 Å². The number of anilines is 1. The summed E-state index contributed by atoms with van der Waals surface area (Å²) < 4.78 is 33.8. The van der Waals surface area contributed by atoms with Crippen molar-refractivity contribution in [1.82, 2.24) is 9.62 Å². The van der Waals surface area contributed by atoms with Gasteiger partial charge >= 0.3 is 6.03 Å². The molecule has 2 amide bonds. The van der Waals surface area contributed by atoms with Crippen LogP contribution in [0.3, 0.4) is 0 Å². The number of likely N-dealkylation sites (tertiary alicyclic amines) is 1. The summed E-state index contributed by atoms with van der Waals surface area (Å²) in [5, 5.41) is 2.92. The molecule has 0 saturated carbocycles. The van der Waals surface area contributed by atoms with E-state index < -0.39 is 15.6 Å². The van der Waals surface area contributed by atoms with Crippen LogP contribution in [0.25, 0.3) is 0 Å². The Morgan fingerprint density at radius 1 is 1.14 bits per heavy atom. The lowest BCUT2D eigenvalue weighted by Crippen LogP contribution is -2.51. The lowest BCUT2D eigenvalue weighted by molar-refractivity contribution is 0.162. The minimum absolute atomic E-state index is 0.208. The van der Waals surface area contributed by atoms with Gasteiger partial charge in [0.15, 0.2) is 0 Å². The average molecular weight is 418 g/mol. The number of aryl methyl sites for hydroxylation is 1. The van der Waals surface area contributed by atoms with E-state index in [2.05, 4.69) is 10.0 Å². The van der Waals surface area contributed by atoms with E-state index in [1.165, 1.54) is 0 Å². The molecule has 1 atom stereocenters. The molecular formula is C21H27N3O4S. The minimum Gasteiger partial charge on any atom is -0.385 e. The van der Waals surface area contributed by atoms with E-state index in [9.17, 15) is 13.2 Å². The smallest absolute Gasteiger partial charge is 0.321 e. The van der Waals surface area contributed by atoms with Crippen LogP contribution >= 0.6 is 0 Å². The number of hydrogen-bond donors (Lipinski definition) is 2. The molecule has 0 radical (unpaired) electrons. The maximum atomic E-state index is 12.9. The number of carbonyl (C=O) groups is 1. The number of methoxy groups -OCH3 is 1.